The van der Waals surface area contributed by atoms with Gasteiger partial charge in [-0.15, -0.1) is 0 Å². The maximum atomic E-state index is 15.6. The van der Waals surface area contributed by atoms with E-state index in [1.54, 1.807) is 12.0 Å². The molecule has 4 heterocycles. The number of ether oxygens (including phenoxy) is 3. The number of nitrogens with one attached hydrogen (secondary N) is 1. The molecule has 3 amide bonds. The Kier molecular flexibility index (Phi) is 13.6. The maximum absolute atomic E-state index is 15.6. The first-order valence-corrected chi connectivity index (χ1v) is 27.2. The Hall–Kier alpha value is -5.83. The molecule has 1 unspecified atom stereocenters. The minimum Gasteiger partial charge on any atom is -0.497 e. The molecule has 5 aromatic rings. The Morgan fingerprint density at radius 1 is 0.853 bits per heavy atom. The number of methoxy groups -OCH3 is 1. The van der Waals surface area contributed by atoms with E-state index in [-0.39, 0.29) is 61.4 Å². The van der Waals surface area contributed by atoms with Gasteiger partial charge >= 0.3 is 0 Å². The largest absolute Gasteiger partial charge is 0.497 e. The summed E-state index contributed by atoms with van der Waals surface area (Å²) in [6, 6.07) is 37.1. The summed E-state index contributed by atoms with van der Waals surface area (Å²) in [4.78, 5) is 50.0. The molecule has 0 saturated carbocycles. The Morgan fingerprint density at radius 2 is 1.57 bits per heavy atom. The lowest BCUT2D eigenvalue weighted by Crippen LogP contribution is -2.52. The molecule has 6 atom stereocenters. The van der Waals surface area contributed by atoms with Gasteiger partial charge in [-0.25, -0.2) is 0 Å². The summed E-state index contributed by atoms with van der Waals surface area (Å²) in [5.41, 5.74) is 5.69. The second-order valence-electron chi connectivity index (χ2n) is 19.3. The summed E-state index contributed by atoms with van der Waals surface area (Å²) >= 11 is 0. The molecule has 1 spiro atoms. The number of aliphatic hydroxyl groups excluding tert-OH is 2. The molecule has 13 heteroatoms. The highest BCUT2D eigenvalue weighted by atomic mass is 28.3. The van der Waals surface area contributed by atoms with E-state index in [0.29, 0.717) is 44.6 Å². The Bertz CT molecular complexity index is 2640. The Labute approximate surface area is 400 Å². The zero-order valence-corrected chi connectivity index (χ0v) is 40.8. The van der Waals surface area contributed by atoms with Gasteiger partial charge in [-0.1, -0.05) is 91.9 Å². The number of hydrogen-bond acceptors (Lipinski definition) is 9. The third kappa shape index (κ3) is 8.53. The Morgan fingerprint density at radius 3 is 2.29 bits per heavy atom. The van der Waals surface area contributed by atoms with Crippen LogP contribution in [0.25, 0.3) is 0 Å². The number of para-hydroxylation sites is 1. The number of benzene rings is 5. The van der Waals surface area contributed by atoms with Crippen LogP contribution in [0.4, 0.5) is 17.1 Å². The van der Waals surface area contributed by atoms with Gasteiger partial charge < -0.3 is 39.5 Å². The molecule has 1 fully saturated rings. The number of nitrogens with zero attached hydrogens (tertiary/aromatic N) is 3. The highest BCUT2D eigenvalue weighted by Crippen LogP contribution is 2.60. The average molecular weight is 937 g/mol. The third-order valence-electron chi connectivity index (χ3n) is 15.1. The molecule has 12 nitrogen and oxygen atoms in total. The lowest BCUT2D eigenvalue weighted by molar-refractivity contribution is -0.151. The van der Waals surface area contributed by atoms with E-state index in [1.807, 2.05) is 114 Å². The number of carbonyl (C=O) groups is 3. The molecule has 1 saturated heterocycles. The molecule has 356 valence electrons. The molecule has 68 heavy (non-hydrogen) atoms. The molecule has 0 aromatic heterocycles. The summed E-state index contributed by atoms with van der Waals surface area (Å²) in [5, 5.41) is 24.5. The standard InChI is InChI=1S/C55H64N4O8Si/c1-6-66-44-23-26-48-40(30-44)31-47(56-27-11-12-28-60)53(63)59(48)41-19-17-37(18-20-41)33-58-49-16-10-9-15-46(49)55(54(58)64)36(2)52(68(4,5)45-24-21-43(65-3)22-25-45)50(67-55)32-51(62)57-34-39-14-8-7-13-38(39)29-42(57)35-61/h7-10,13-26,30,36,42,47,50,52,56,60-61H,6,11-12,27-29,31-35H2,1-5H3/t36-,42-,47?,50+,52-,55+/m0/s1. The number of rotatable bonds is 16. The SMILES string of the molecule is CCOc1ccc2c(c1)CC(NCCCCO)C(=O)N2c1ccc(CN2C(=O)[C@]3(O[C@H](CC(=O)N4Cc5ccccc5C[C@H]4CO)[C@@H]([Si](C)(C)c4ccc(OC)cc4)[C@@H]3C)c3ccccc32)cc1. The van der Waals surface area contributed by atoms with Crippen molar-refractivity contribution >= 4 is 48.0 Å². The summed E-state index contributed by atoms with van der Waals surface area (Å²) in [5.74, 6) is 0.896. The first kappa shape index (κ1) is 47.2. The van der Waals surface area contributed by atoms with Crippen LogP contribution < -0.4 is 29.8 Å². The van der Waals surface area contributed by atoms with Crippen LogP contribution in [0.1, 0.15) is 60.9 Å². The zero-order valence-electron chi connectivity index (χ0n) is 39.8. The van der Waals surface area contributed by atoms with E-state index >= 15 is 4.79 Å². The zero-order chi connectivity index (χ0) is 47.7. The minimum absolute atomic E-state index is 0.0583. The van der Waals surface area contributed by atoms with Crippen molar-refractivity contribution in [1.82, 2.24) is 10.2 Å². The van der Waals surface area contributed by atoms with Gasteiger partial charge in [-0.3, -0.25) is 19.3 Å². The molecule has 0 bridgehead atoms. The molecular formula is C55H64N4O8Si. The van der Waals surface area contributed by atoms with E-state index in [0.717, 1.165) is 57.1 Å². The van der Waals surface area contributed by atoms with E-state index < -0.39 is 25.8 Å². The van der Waals surface area contributed by atoms with E-state index in [4.69, 9.17) is 14.2 Å². The van der Waals surface area contributed by atoms with Crippen LogP contribution in [-0.2, 0) is 50.7 Å². The number of unbranched alkanes of at least 4 members (excludes halogenated alkanes) is 1. The van der Waals surface area contributed by atoms with Gasteiger partial charge in [-0.05, 0) is 115 Å². The summed E-state index contributed by atoms with van der Waals surface area (Å²) in [6.07, 6.45) is 1.99. The van der Waals surface area contributed by atoms with Crippen molar-refractivity contribution < 1.29 is 38.8 Å². The topological polar surface area (TPSA) is 141 Å². The van der Waals surface area contributed by atoms with Crippen LogP contribution in [0.2, 0.25) is 18.6 Å². The number of hydrogen-bond donors (Lipinski definition) is 3. The molecule has 3 N–H and O–H groups in total. The predicted molar refractivity (Wildman–Crippen MR) is 266 cm³/mol. The average Bonchev–Trinajstić information content (AvgIpc) is 3.78. The van der Waals surface area contributed by atoms with Crippen LogP contribution in [0.3, 0.4) is 0 Å². The van der Waals surface area contributed by atoms with Crippen molar-refractivity contribution in [3.8, 4) is 11.5 Å². The van der Waals surface area contributed by atoms with Crippen LogP contribution in [0, 0.1) is 5.92 Å². The van der Waals surface area contributed by atoms with Gasteiger partial charge in [0.05, 0.1) is 70.9 Å². The van der Waals surface area contributed by atoms with Crippen molar-refractivity contribution in [3.63, 3.8) is 0 Å². The number of aliphatic hydroxyl groups is 2. The number of amides is 3. The van der Waals surface area contributed by atoms with Crippen molar-refractivity contribution in [1.29, 1.82) is 0 Å². The van der Waals surface area contributed by atoms with Crippen molar-refractivity contribution in [2.45, 2.75) is 101 Å². The minimum atomic E-state index is -2.55. The fraction of sp³-hybridized carbons (Fsp3) is 0.400. The van der Waals surface area contributed by atoms with Gasteiger partial charge in [0.1, 0.15) is 11.5 Å². The van der Waals surface area contributed by atoms with Gasteiger partial charge in [0.15, 0.2) is 5.60 Å². The smallest absolute Gasteiger partial charge is 0.264 e. The van der Waals surface area contributed by atoms with E-state index in [2.05, 4.69) is 43.5 Å². The fourth-order valence-corrected chi connectivity index (χ4v) is 15.6. The lowest BCUT2D eigenvalue weighted by Gasteiger charge is -2.39. The third-order valence-corrected chi connectivity index (χ3v) is 19.4. The number of anilines is 3. The fourth-order valence-electron chi connectivity index (χ4n) is 11.6. The summed E-state index contributed by atoms with van der Waals surface area (Å²) < 4.78 is 18.7. The molecule has 0 aliphatic carbocycles. The van der Waals surface area contributed by atoms with Crippen molar-refractivity contribution in [2.24, 2.45) is 5.92 Å². The lowest BCUT2D eigenvalue weighted by atomic mass is 9.82. The van der Waals surface area contributed by atoms with Gasteiger partial charge in [0.2, 0.25) is 11.8 Å². The van der Waals surface area contributed by atoms with E-state index in [1.165, 1.54) is 5.19 Å². The quantitative estimate of drug-likeness (QED) is 0.0696. The molecule has 5 aromatic carbocycles. The molecule has 4 aliphatic heterocycles. The maximum Gasteiger partial charge on any atom is 0.264 e. The number of fused-ring (bicyclic) bond motifs is 4. The molecule has 4 aliphatic rings. The molecule has 0 radical (unpaired) electrons. The highest BCUT2D eigenvalue weighted by molar-refractivity contribution is 6.91. The second-order valence-corrected chi connectivity index (χ2v) is 24.0. The van der Waals surface area contributed by atoms with Crippen LogP contribution in [0.5, 0.6) is 11.5 Å². The van der Waals surface area contributed by atoms with Crippen LogP contribution in [0.15, 0.2) is 115 Å². The first-order valence-electron chi connectivity index (χ1n) is 24.2. The van der Waals surface area contributed by atoms with Crippen LogP contribution >= 0.6 is 0 Å². The van der Waals surface area contributed by atoms with E-state index in [9.17, 15) is 19.8 Å². The summed E-state index contributed by atoms with van der Waals surface area (Å²) in [6.45, 7) is 10.5. The Balaban J connectivity index is 1.03. The van der Waals surface area contributed by atoms with Gasteiger partial charge in [0.25, 0.3) is 5.91 Å². The normalized spacial score (nSPS) is 23.2. The van der Waals surface area contributed by atoms with Gasteiger partial charge in [0, 0.05) is 30.3 Å². The molecular weight excluding hydrogens is 873 g/mol. The van der Waals surface area contributed by atoms with Crippen LogP contribution in [-0.4, -0.2) is 92.6 Å². The van der Waals surface area contributed by atoms with Crippen molar-refractivity contribution in [3.05, 3.63) is 143 Å². The summed E-state index contributed by atoms with van der Waals surface area (Å²) in [7, 11) is -0.896. The first-order chi connectivity index (χ1) is 32.9. The van der Waals surface area contributed by atoms with Crippen molar-refractivity contribution in [2.75, 3.05) is 43.3 Å². The second kappa shape index (κ2) is 19.6. The monoisotopic (exact) mass is 936 g/mol. The van der Waals surface area contributed by atoms with Gasteiger partial charge in [-0.2, -0.15) is 0 Å². The highest BCUT2D eigenvalue weighted by Gasteiger charge is 2.66. The molecule has 9 rings (SSSR count). The number of carbonyl (C=O) groups excluding carboxylic acids is 3. The predicted octanol–water partition coefficient (Wildman–Crippen LogP) is 7.14.